The van der Waals surface area contributed by atoms with Gasteiger partial charge in [-0.1, -0.05) is 12.1 Å². The number of hydrogen-bond donors (Lipinski definition) is 2. The molecular formula is C16H20Cl2FN3OS. The summed E-state index contributed by atoms with van der Waals surface area (Å²) in [5.74, 6) is -0.305. The fourth-order valence-corrected chi connectivity index (χ4v) is 3.36. The first-order valence-corrected chi connectivity index (χ1v) is 8.23. The predicted octanol–water partition coefficient (Wildman–Crippen LogP) is 3.20. The van der Waals surface area contributed by atoms with Crippen LogP contribution in [0.25, 0.3) is 0 Å². The molecule has 1 aromatic carbocycles. The minimum atomic E-state index is -0.246. The van der Waals surface area contributed by atoms with E-state index in [1.807, 2.05) is 0 Å². The zero-order chi connectivity index (χ0) is 15.4. The Labute approximate surface area is 157 Å². The Bertz CT molecular complexity index is 645. The highest BCUT2D eigenvalue weighted by Crippen LogP contribution is 2.17. The number of hydrogen-bond acceptors (Lipinski definition) is 4. The summed E-state index contributed by atoms with van der Waals surface area (Å²) in [5, 5.41) is 7.18. The van der Waals surface area contributed by atoms with Gasteiger partial charge in [0.25, 0.3) is 5.91 Å². The third kappa shape index (κ3) is 5.70. The second-order valence-electron chi connectivity index (χ2n) is 5.44. The van der Waals surface area contributed by atoms with Crippen LogP contribution in [0.4, 0.5) is 4.39 Å². The summed E-state index contributed by atoms with van der Waals surface area (Å²) in [6, 6.07) is 6.55. The van der Waals surface area contributed by atoms with E-state index in [0.29, 0.717) is 11.3 Å². The van der Waals surface area contributed by atoms with Crippen LogP contribution in [0.2, 0.25) is 0 Å². The van der Waals surface area contributed by atoms with E-state index in [0.717, 1.165) is 36.5 Å². The van der Waals surface area contributed by atoms with Crippen molar-refractivity contribution in [3.05, 3.63) is 51.7 Å². The lowest BCUT2D eigenvalue weighted by molar-refractivity contribution is 0.0934. The molecule has 0 unspecified atom stereocenters. The average molecular weight is 392 g/mol. The van der Waals surface area contributed by atoms with Crippen LogP contribution in [0.5, 0.6) is 0 Å². The van der Waals surface area contributed by atoms with Crippen LogP contribution < -0.4 is 10.6 Å². The van der Waals surface area contributed by atoms with Gasteiger partial charge >= 0.3 is 0 Å². The van der Waals surface area contributed by atoms with Crippen LogP contribution in [-0.4, -0.2) is 30.0 Å². The quantitative estimate of drug-likeness (QED) is 0.840. The first-order chi connectivity index (χ1) is 10.7. The van der Waals surface area contributed by atoms with Crippen LogP contribution in [0, 0.1) is 5.82 Å². The summed E-state index contributed by atoms with van der Waals surface area (Å²) >= 11 is 1.39. The van der Waals surface area contributed by atoms with E-state index >= 15 is 0 Å². The molecule has 24 heavy (non-hydrogen) atoms. The monoisotopic (exact) mass is 391 g/mol. The number of amides is 1. The molecule has 2 aromatic rings. The van der Waals surface area contributed by atoms with Crippen molar-refractivity contribution in [2.24, 2.45) is 0 Å². The minimum Gasteiger partial charge on any atom is -0.347 e. The number of nitrogens with one attached hydrogen (secondary N) is 2. The molecule has 0 spiro atoms. The second-order valence-corrected chi connectivity index (χ2v) is 6.55. The number of carbonyl (C=O) groups is 1. The van der Waals surface area contributed by atoms with E-state index < -0.39 is 0 Å². The maximum Gasteiger partial charge on any atom is 0.263 e. The number of aromatic nitrogens is 1. The van der Waals surface area contributed by atoms with Crippen molar-refractivity contribution in [1.82, 2.24) is 15.6 Å². The molecule has 0 bridgehead atoms. The summed E-state index contributed by atoms with van der Waals surface area (Å²) < 4.78 is 12.9. The topological polar surface area (TPSA) is 54.0 Å². The molecule has 132 valence electrons. The lowest BCUT2D eigenvalue weighted by Gasteiger charge is -2.23. The maximum absolute atomic E-state index is 12.9. The Morgan fingerprint density at radius 2 is 2.08 bits per heavy atom. The Morgan fingerprint density at radius 1 is 1.33 bits per heavy atom. The second kappa shape index (κ2) is 9.93. The van der Waals surface area contributed by atoms with Crippen LogP contribution in [-0.2, 0) is 6.42 Å². The first kappa shape index (κ1) is 20.8. The predicted molar refractivity (Wildman–Crippen MR) is 99.2 cm³/mol. The van der Waals surface area contributed by atoms with E-state index in [1.54, 1.807) is 18.3 Å². The summed E-state index contributed by atoms with van der Waals surface area (Å²) in [6.07, 6.45) is 4.34. The molecule has 2 heterocycles. The molecule has 1 atom stereocenters. The molecule has 0 aliphatic carbocycles. The van der Waals surface area contributed by atoms with Crippen molar-refractivity contribution in [3.63, 3.8) is 0 Å². The molecule has 8 heteroatoms. The summed E-state index contributed by atoms with van der Waals surface area (Å²) in [7, 11) is 0. The highest BCUT2D eigenvalue weighted by atomic mass is 35.5. The zero-order valence-electron chi connectivity index (χ0n) is 13.0. The van der Waals surface area contributed by atoms with Crippen molar-refractivity contribution in [3.8, 4) is 0 Å². The minimum absolute atomic E-state index is 0. The Balaban J connectivity index is 0.00000144. The zero-order valence-corrected chi connectivity index (χ0v) is 15.4. The van der Waals surface area contributed by atoms with Crippen molar-refractivity contribution >= 4 is 42.1 Å². The molecule has 0 saturated carbocycles. The van der Waals surface area contributed by atoms with E-state index in [-0.39, 0.29) is 42.6 Å². The Morgan fingerprint density at radius 3 is 2.75 bits per heavy atom. The molecular weight excluding hydrogens is 372 g/mol. The number of nitrogens with zero attached hydrogens (tertiary/aromatic N) is 1. The number of rotatable bonds is 4. The van der Waals surface area contributed by atoms with Gasteiger partial charge in [0, 0.05) is 19.0 Å². The highest BCUT2D eigenvalue weighted by molar-refractivity contribution is 7.13. The van der Waals surface area contributed by atoms with E-state index in [4.69, 9.17) is 0 Å². The van der Waals surface area contributed by atoms with Gasteiger partial charge in [0.15, 0.2) is 0 Å². The molecule has 1 saturated heterocycles. The normalized spacial score (nSPS) is 16.6. The summed E-state index contributed by atoms with van der Waals surface area (Å²) in [4.78, 5) is 17.1. The molecule has 0 radical (unpaired) electrons. The van der Waals surface area contributed by atoms with Crippen molar-refractivity contribution in [1.29, 1.82) is 0 Å². The molecule has 1 aliphatic heterocycles. The van der Waals surface area contributed by atoms with E-state index in [9.17, 15) is 9.18 Å². The van der Waals surface area contributed by atoms with Crippen molar-refractivity contribution < 1.29 is 9.18 Å². The van der Waals surface area contributed by atoms with Gasteiger partial charge in [0.2, 0.25) is 0 Å². The smallest absolute Gasteiger partial charge is 0.263 e. The van der Waals surface area contributed by atoms with Gasteiger partial charge in [-0.05, 0) is 37.1 Å². The van der Waals surface area contributed by atoms with Crippen molar-refractivity contribution in [2.45, 2.75) is 25.3 Å². The van der Waals surface area contributed by atoms with Gasteiger partial charge in [0.1, 0.15) is 10.7 Å². The highest BCUT2D eigenvalue weighted by Gasteiger charge is 2.18. The molecule has 1 aliphatic rings. The largest absolute Gasteiger partial charge is 0.347 e. The Hall–Kier alpha value is -1.21. The Kier molecular flexibility index (Phi) is 8.62. The molecule has 1 fully saturated rings. The van der Waals surface area contributed by atoms with Crippen LogP contribution in [0.15, 0.2) is 30.5 Å². The summed E-state index contributed by atoms with van der Waals surface area (Å²) in [5.41, 5.74) is 0.985. The molecule has 4 nitrogen and oxygen atoms in total. The third-order valence-electron chi connectivity index (χ3n) is 3.68. The standard InChI is InChI=1S/C16H18FN3OS.2ClH/c17-12-5-3-11(4-6-12)8-15-19-10-14(22-15)16(21)20-13-2-1-7-18-9-13;;/h3-6,10,13,18H,1-2,7-9H2,(H,20,21);2*1H/t13-;;/m0../s1. The van der Waals surface area contributed by atoms with Gasteiger partial charge in [-0.15, -0.1) is 36.2 Å². The number of carbonyl (C=O) groups excluding carboxylic acids is 1. The number of thiazole rings is 1. The lowest BCUT2D eigenvalue weighted by Crippen LogP contribution is -2.45. The maximum atomic E-state index is 12.9. The first-order valence-electron chi connectivity index (χ1n) is 7.41. The fourth-order valence-electron chi connectivity index (χ4n) is 2.51. The SMILES string of the molecule is Cl.Cl.O=C(N[C@H]1CCCNC1)c1cnc(Cc2ccc(F)cc2)s1. The van der Waals surface area contributed by atoms with E-state index in [2.05, 4.69) is 15.6 Å². The van der Waals surface area contributed by atoms with Gasteiger partial charge in [-0.2, -0.15) is 0 Å². The molecule has 1 aromatic heterocycles. The number of benzene rings is 1. The van der Waals surface area contributed by atoms with Gasteiger partial charge < -0.3 is 10.6 Å². The average Bonchev–Trinajstić information content (AvgIpc) is 2.99. The van der Waals surface area contributed by atoms with Crippen LogP contribution in [0.1, 0.15) is 33.1 Å². The molecule has 1 amide bonds. The lowest BCUT2D eigenvalue weighted by atomic mass is 10.1. The third-order valence-corrected chi connectivity index (χ3v) is 4.67. The van der Waals surface area contributed by atoms with Crippen LogP contribution >= 0.6 is 36.2 Å². The van der Waals surface area contributed by atoms with Crippen LogP contribution in [0.3, 0.4) is 0 Å². The summed E-state index contributed by atoms with van der Waals surface area (Å²) in [6.45, 7) is 1.85. The van der Waals surface area contributed by atoms with Gasteiger partial charge in [-0.25, -0.2) is 9.37 Å². The van der Waals surface area contributed by atoms with E-state index in [1.165, 1.54) is 23.5 Å². The van der Waals surface area contributed by atoms with Gasteiger partial charge in [0.05, 0.1) is 11.2 Å². The van der Waals surface area contributed by atoms with Crippen molar-refractivity contribution in [2.75, 3.05) is 13.1 Å². The fraction of sp³-hybridized carbons (Fsp3) is 0.375. The van der Waals surface area contributed by atoms with Gasteiger partial charge in [-0.3, -0.25) is 4.79 Å². The molecule has 3 rings (SSSR count). The number of piperidine rings is 1. The molecule has 2 N–H and O–H groups in total. The number of halogens is 3.